The maximum Gasteiger partial charge on any atom is 0.394 e. The van der Waals surface area contributed by atoms with Crippen molar-refractivity contribution in [3.63, 3.8) is 0 Å². The third kappa shape index (κ3) is 32.3. The smallest absolute Gasteiger partial charge is 0.391 e. The van der Waals surface area contributed by atoms with Crippen LogP contribution in [0.2, 0.25) is 0 Å². The number of aliphatic hydroxyl groups excluding tert-OH is 2. The van der Waals surface area contributed by atoms with Crippen LogP contribution in [-0.2, 0) is 69.6 Å². The lowest BCUT2D eigenvalue weighted by Gasteiger charge is -2.29. The van der Waals surface area contributed by atoms with Gasteiger partial charge in [-0.25, -0.2) is 0 Å². The lowest BCUT2D eigenvalue weighted by atomic mass is 10.00. The molecule has 1 aromatic carbocycles. The summed E-state index contributed by atoms with van der Waals surface area (Å²) in [5.41, 5.74) is 29.9. The minimum absolute atomic E-state index is 0.0143. The zero-order valence-electron chi connectivity index (χ0n) is 51.4. The molecule has 0 saturated carbocycles. The van der Waals surface area contributed by atoms with E-state index in [2.05, 4.69) is 65.4 Å². The summed E-state index contributed by atoms with van der Waals surface area (Å²) in [6.45, 7) is 6.87. The van der Waals surface area contributed by atoms with Gasteiger partial charge in [0, 0.05) is 19.4 Å². The number of aliphatic hydroxyl groups is 2. The molecular weight excluding hydrogens is 1190 g/mol. The molecule has 11 amide bonds. The van der Waals surface area contributed by atoms with Crippen molar-refractivity contribution in [2.45, 2.75) is 197 Å². The van der Waals surface area contributed by atoms with Crippen molar-refractivity contribution < 1.29 is 80.5 Å². The van der Waals surface area contributed by atoms with E-state index in [-0.39, 0.29) is 90.0 Å². The van der Waals surface area contributed by atoms with E-state index in [1.165, 1.54) is 13.8 Å². The van der Waals surface area contributed by atoms with Gasteiger partial charge in [-0.3, -0.25) is 61.8 Å². The number of hydrogen-bond donors (Lipinski definition) is 20. The highest BCUT2D eigenvalue weighted by Gasteiger charge is 2.37. The second-order valence-electron chi connectivity index (χ2n) is 21.9. The van der Waals surface area contributed by atoms with E-state index in [1.807, 2.05) is 0 Å². The number of carbonyl (C=O) groups excluding carboxylic acids is 11. The first-order valence-corrected chi connectivity index (χ1v) is 31.3. The highest BCUT2D eigenvalue weighted by Crippen LogP contribution is 2.12. The molecule has 1 aromatic rings. The van der Waals surface area contributed by atoms with Crippen molar-refractivity contribution in [2.24, 2.45) is 34.6 Å². The van der Waals surface area contributed by atoms with E-state index < -0.39 is 161 Å². The van der Waals surface area contributed by atoms with Gasteiger partial charge >= 0.3 is 10.4 Å². The average molecular weight is 1290 g/mol. The number of rotatable bonds is 29. The van der Waals surface area contributed by atoms with Crippen LogP contribution in [0.3, 0.4) is 0 Å². The van der Waals surface area contributed by atoms with Gasteiger partial charge in [-0.15, -0.1) is 0 Å². The number of hydrogen-bond acceptors (Lipinski definition) is 20. The zero-order valence-corrected chi connectivity index (χ0v) is 52.2. The second kappa shape index (κ2) is 42.8. The number of nitrogens with two attached hydrogens (primary N) is 5. The van der Waals surface area contributed by atoms with Crippen LogP contribution in [0.25, 0.3) is 0 Å². The molecule has 34 heteroatoms. The summed E-state index contributed by atoms with van der Waals surface area (Å²) in [4.78, 5) is 154. The third-order valence-electron chi connectivity index (χ3n) is 13.7. The molecule has 0 spiro atoms. The number of nitrogens with one attached hydrogen (secondary N) is 11. The van der Waals surface area contributed by atoms with E-state index >= 15 is 0 Å². The van der Waals surface area contributed by atoms with E-state index in [0.29, 0.717) is 12.0 Å². The molecule has 0 unspecified atom stereocenters. The molecule has 33 nitrogen and oxygen atoms in total. The Balaban J connectivity index is 0.00000759. The molecule has 0 aromatic heterocycles. The first-order valence-electron chi connectivity index (χ1n) is 29.9. The van der Waals surface area contributed by atoms with Gasteiger partial charge in [0.15, 0.2) is 0 Å². The number of carbonyl (C=O) groups is 11. The van der Waals surface area contributed by atoms with Gasteiger partial charge in [0.2, 0.25) is 65.0 Å². The quantitative estimate of drug-likeness (QED) is 0.0262. The van der Waals surface area contributed by atoms with Crippen molar-refractivity contribution >= 4 is 75.4 Å². The topological polar surface area (TPSA) is 565 Å². The molecule has 0 radical (unpaired) electrons. The molecule has 89 heavy (non-hydrogen) atoms. The number of unbranched alkanes of at least 4 members (excludes halogenated alkanes) is 4. The molecule has 1 fully saturated rings. The van der Waals surface area contributed by atoms with Crippen LogP contribution in [0.1, 0.15) is 124 Å². The zero-order chi connectivity index (χ0) is 67.4. The Hall–Kier alpha value is -7.02. The lowest BCUT2D eigenvalue weighted by Crippen LogP contribution is -2.62. The Morgan fingerprint density at radius 1 is 0.573 bits per heavy atom. The highest BCUT2D eigenvalue weighted by atomic mass is 32.3. The van der Waals surface area contributed by atoms with Crippen LogP contribution >= 0.6 is 0 Å². The van der Waals surface area contributed by atoms with Crippen molar-refractivity contribution in [3.05, 3.63) is 35.9 Å². The van der Waals surface area contributed by atoms with Crippen molar-refractivity contribution in [1.82, 2.24) is 58.5 Å². The molecule has 506 valence electrons. The van der Waals surface area contributed by atoms with E-state index in [4.69, 9.17) is 46.2 Å². The van der Waals surface area contributed by atoms with Crippen LogP contribution in [0.5, 0.6) is 0 Å². The molecule has 2 rings (SSSR count). The Morgan fingerprint density at radius 2 is 1.03 bits per heavy atom. The molecule has 0 aliphatic carbocycles. The van der Waals surface area contributed by atoms with Crippen LogP contribution in [-0.4, -0.2) is 205 Å². The highest BCUT2D eigenvalue weighted by molar-refractivity contribution is 7.79. The van der Waals surface area contributed by atoms with Crippen LogP contribution < -0.4 is 87.2 Å². The predicted octanol–water partition coefficient (Wildman–Crippen LogP) is -6.14. The lowest BCUT2D eigenvalue weighted by molar-refractivity contribution is -0.137. The standard InChI is InChI=1S/C55H96N16O13.H2O4S/c1-6-7-8-9-13-16-43(74)62-35(17-23-56)50(79)71-45(33(5)73)55(84)67-38(20-26-59)47(76)66-40-22-28-61-54(83)44(32(4)72)70-51(80)39(21-27-60)64-46(75)36(18-24-57)65-52(81)41(29-31(2)3)68-53(82)42(30-34-14-11-10-12-15-34)69-48(77)37(19-25-58)63-49(40)78;1-5(2,3)4/h10-12,14-15,31-33,35-42,44-45,72-73H,6-9,13,16-30,56-60H2,1-5H3,(H,61,83)(H,62,74)(H,63,78)(H,64,75)(H,65,81)(H,66,76)(H,67,84)(H,68,82)(H,69,77)(H,70,80)(H,71,79);(H2,1,2,3,4)/t32-,33-,35+,36+,37+,38+,39+,40+,41+,42-,44+,45+;/m1./s1. The van der Waals surface area contributed by atoms with Crippen LogP contribution in [0.4, 0.5) is 0 Å². The second-order valence-corrected chi connectivity index (χ2v) is 22.8. The molecular formula is C55H98N16O17S. The third-order valence-corrected chi connectivity index (χ3v) is 13.7. The Bertz CT molecular complexity index is 2530. The van der Waals surface area contributed by atoms with E-state index in [9.17, 15) is 63.0 Å². The molecule has 12 atom stereocenters. The number of amides is 11. The van der Waals surface area contributed by atoms with Gasteiger partial charge in [-0.05, 0) is 109 Å². The molecule has 1 aliphatic heterocycles. The molecule has 25 N–H and O–H groups in total. The van der Waals surface area contributed by atoms with Gasteiger partial charge in [-0.2, -0.15) is 8.42 Å². The van der Waals surface area contributed by atoms with Gasteiger partial charge in [-0.1, -0.05) is 76.8 Å². The van der Waals surface area contributed by atoms with E-state index in [0.717, 1.165) is 25.7 Å². The van der Waals surface area contributed by atoms with Gasteiger partial charge in [0.25, 0.3) is 0 Å². The van der Waals surface area contributed by atoms with E-state index in [1.54, 1.807) is 44.2 Å². The monoisotopic (exact) mass is 1290 g/mol. The van der Waals surface area contributed by atoms with Crippen molar-refractivity contribution in [1.29, 1.82) is 0 Å². The summed E-state index contributed by atoms with van der Waals surface area (Å²) in [6.07, 6.45) is 0.0313. The fourth-order valence-corrected chi connectivity index (χ4v) is 9.03. The minimum Gasteiger partial charge on any atom is -0.391 e. The first kappa shape index (κ1) is 80.0. The summed E-state index contributed by atoms with van der Waals surface area (Å²) >= 11 is 0. The van der Waals surface area contributed by atoms with Crippen LogP contribution in [0, 0.1) is 5.92 Å². The summed E-state index contributed by atoms with van der Waals surface area (Å²) in [5, 5.41) is 49.6. The molecule has 1 saturated heterocycles. The summed E-state index contributed by atoms with van der Waals surface area (Å²) < 4.78 is 31.6. The van der Waals surface area contributed by atoms with Crippen LogP contribution in [0.15, 0.2) is 30.3 Å². The normalized spacial score (nSPS) is 22.0. The summed E-state index contributed by atoms with van der Waals surface area (Å²) in [7, 11) is -4.67. The molecule has 0 bridgehead atoms. The Morgan fingerprint density at radius 3 is 1.52 bits per heavy atom. The largest absolute Gasteiger partial charge is 0.394 e. The summed E-state index contributed by atoms with van der Waals surface area (Å²) in [6, 6.07) is -6.22. The average Bonchev–Trinajstić information content (AvgIpc) is 3.26. The Labute approximate surface area is 519 Å². The fourth-order valence-electron chi connectivity index (χ4n) is 9.03. The minimum atomic E-state index is -4.67. The Kier molecular flexibility index (Phi) is 38.5. The predicted molar refractivity (Wildman–Crippen MR) is 326 cm³/mol. The number of benzene rings is 1. The van der Waals surface area contributed by atoms with Gasteiger partial charge < -0.3 is 97.4 Å². The van der Waals surface area contributed by atoms with Gasteiger partial charge in [0.05, 0.1) is 12.2 Å². The first-order chi connectivity index (χ1) is 41.9. The van der Waals surface area contributed by atoms with Gasteiger partial charge in [0.1, 0.15) is 60.4 Å². The fraction of sp³-hybridized carbons (Fsp3) is 0.691. The summed E-state index contributed by atoms with van der Waals surface area (Å²) in [5.74, 6) is -9.94. The maximum absolute atomic E-state index is 14.5. The molecule has 1 heterocycles. The van der Waals surface area contributed by atoms with Crippen molar-refractivity contribution in [3.8, 4) is 0 Å². The molecule has 1 aliphatic rings. The maximum atomic E-state index is 14.5. The van der Waals surface area contributed by atoms with Crippen molar-refractivity contribution in [2.75, 3.05) is 39.3 Å². The SMILES string of the molecule is CCCCCCCC(=O)N[C@@H](CCN)C(=O)N[C@H](C(=O)N[C@@H](CCN)C(=O)N[C@H]1CCNC(=O)[C@H]([C@@H](C)O)NC(=O)[C@H](CCN)NC(=O)[C@H](CCN)NC(=O)[C@H](CC(C)C)NC(=O)[C@@H](Cc2ccccc2)NC(=O)[C@H](CCN)NC1=O)[C@@H](C)O.O=S(=O)(O)O.